The highest BCUT2D eigenvalue weighted by atomic mass is 16.6. The molecule has 2 saturated heterocycles. The van der Waals surface area contributed by atoms with E-state index in [1.807, 2.05) is 50.8 Å². The molecule has 0 aromatic heterocycles. The predicted octanol–water partition coefficient (Wildman–Crippen LogP) is 2.72. The lowest BCUT2D eigenvalue weighted by atomic mass is 10.1. The van der Waals surface area contributed by atoms with Crippen molar-refractivity contribution >= 4 is 23.6 Å². The molecule has 0 unspecified atom stereocenters. The van der Waals surface area contributed by atoms with Crippen LogP contribution in [0, 0.1) is 6.92 Å². The van der Waals surface area contributed by atoms with Gasteiger partial charge in [0, 0.05) is 50.5 Å². The first-order chi connectivity index (χ1) is 14.6. The van der Waals surface area contributed by atoms with E-state index in [9.17, 15) is 14.4 Å². The molecule has 0 saturated carbocycles. The molecule has 0 atom stereocenters. The maximum Gasteiger partial charge on any atom is 0.410 e. The van der Waals surface area contributed by atoms with Crippen LogP contribution in [-0.4, -0.2) is 84.0 Å². The zero-order valence-corrected chi connectivity index (χ0v) is 19.1. The standard InChI is InChI=1S/C23H34N4O4/c1-17-15-18(21(29)26-9-5-6-10-26)7-8-19(17)24-16-20(28)25-11-13-27(14-12-25)22(30)31-23(2,3)4/h7-8,15,24H,5-6,9-14,16H2,1-4H3. The molecule has 3 amide bonds. The molecule has 0 spiro atoms. The quantitative estimate of drug-likeness (QED) is 0.794. The SMILES string of the molecule is Cc1cc(C(=O)N2CCCC2)ccc1NCC(=O)N1CCN(C(=O)OC(C)(C)C)CC1. The molecule has 2 aliphatic heterocycles. The summed E-state index contributed by atoms with van der Waals surface area (Å²) in [6.07, 6.45) is 1.80. The molecule has 1 aromatic carbocycles. The molecule has 2 aliphatic rings. The number of hydrogen-bond acceptors (Lipinski definition) is 5. The van der Waals surface area contributed by atoms with Crippen LogP contribution in [0.1, 0.15) is 49.5 Å². The Kier molecular flexibility index (Phi) is 7.08. The smallest absolute Gasteiger partial charge is 0.410 e. The largest absolute Gasteiger partial charge is 0.444 e. The predicted molar refractivity (Wildman–Crippen MR) is 119 cm³/mol. The molecule has 1 aromatic rings. The Morgan fingerprint density at radius 3 is 2.13 bits per heavy atom. The number of carbonyl (C=O) groups excluding carboxylic acids is 3. The minimum Gasteiger partial charge on any atom is -0.444 e. The summed E-state index contributed by atoms with van der Waals surface area (Å²) in [5, 5.41) is 3.19. The van der Waals surface area contributed by atoms with Crippen molar-refractivity contribution in [2.75, 3.05) is 51.1 Å². The van der Waals surface area contributed by atoms with E-state index in [1.165, 1.54) is 0 Å². The second-order valence-electron chi connectivity index (χ2n) is 9.23. The monoisotopic (exact) mass is 430 g/mol. The van der Waals surface area contributed by atoms with Crippen molar-refractivity contribution in [1.82, 2.24) is 14.7 Å². The van der Waals surface area contributed by atoms with Crippen LogP contribution < -0.4 is 5.32 Å². The summed E-state index contributed by atoms with van der Waals surface area (Å²) in [6, 6.07) is 5.57. The highest BCUT2D eigenvalue weighted by Gasteiger charge is 2.27. The molecule has 1 N–H and O–H groups in total. The number of ether oxygens (including phenoxy) is 1. The minimum atomic E-state index is -0.527. The summed E-state index contributed by atoms with van der Waals surface area (Å²) in [7, 11) is 0. The van der Waals surface area contributed by atoms with Gasteiger partial charge in [-0.1, -0.05) is 0 Å². The van der Waals surface area contributed by atoms with Gasteiger partial charge in [-0.15, -0.1) is 0 Å². The van der Waals surface area contributed by atoms with Gasteiger partial charge in [-0.2, -0.15) is 0 Å². The number of amides is 3. The van der Waals surface area contributed by atoms with Gasteiger partial charge in [-0.3, -0.25) is 9.59 Å². The summed E-state index contributed by atoms with van der Waals surface area (Å²) >= 11 is 0. The van der Waals surface area contributed by atoms with Crippen molar-refractivity contribution in [2.24, 2.45) is 0 Å². The molecule has 0 radical (unpaired) electrons. The number of carbonyl (C=O) groups is 3. The fourth-order valence-electron chi connectivity index (χ4n) is 3.85. The Balaban J connectivity index is 1.47. The molecule has 0 bridgehead atoms. The lowest BCUT2D eigenvalue weighted by Gasteiger charge is -2.35. The van der Waals surface area contributed by atoms with E-state index in [-0.39, 0.29) is 24.5 Å². The molecule has 31 heavy (non-hydrogen) atoms. The van der Waals surface area contributed by atoms with Gasteiger partial charge in [0.25, 0.3) is 5.91 Å². The first-order valence-electron chi connectivity index (χ1n) is 11.0. The number of nitrogens with zero attached hydrogens (tertiary/aromatic N) is 3. The molecule has 8 nitrogen and oxygen atoms in total. The van der Waals surface area contributed by atoms with E-state index in [2.05, 4.69) is 5.32 Å². The highest BCUT2D eigenvalue weighted by molar-refractivity contribution is 5.95. The maximum atomic E-state index is 12.6. The summed E-state index contributed by atoms with van der Waals surface area (Å²) in [5.74, 6) is 0.0616. The van der Waals surface area contributed by atoms with Gasteiger partial charge in [0.05, 0.1) is 6.54 Å². The van der Waals surface area contributed by atoms with Crippen LogP contribution in [-0.2, 0) is 9.53 Å². The number of aryl methyl sites for hydroxylation is 1. The summed E-state index contributed by atoms with van der Waals surface area (Å²) in [4.78, 5) is 42.6. The second kappa shape index (κ2) is 9.58. The number of rotatable bonds is 4. The third kappa shape index (κ3) is 6.12. The lowest BCUT2D eigenvalue weighted by Crippen LogP contribution is -2.52. The number of likely N-dealkylation sites (tertiary alicyclic amines) is 1. The van der Waals surface area contributed by atoms with E-state index >= 15 is 0 Å². The van der Waals surface area contributed by atoms with Crippen molar-refractivity contribution in [1.29, 1.82) is 0 Å². The number of hydrogen-bond donors (Lipinski definition) is 1. The topological polar surface area (TPSA) is 82.2 Å². The van der Waals surface area contributed by atoms with Crippen molar-refractivity contribution in [3.8, 4) is 0 Å². The molecule has 2 heterocycles. The molecule has 2 fully saturated rings. The highest BCUT2D eigenvalue weighted by Crippen LogP contribution is 2.20. The number of anilines is 1. The van der Waals surface area contributed by atoms with Crippen molar-refractivity contribution < 1.29 is 19.1 Å². The van der Waals surface area contributed by atoms with Gasteiger partial charge in [0.2, 0.25) is 5.91 Å². The first-order valence-corrected chi connectivity index (χ1v) is 11.0. The van der Waals surface area contributed by atoms with Crippen LogP contribution >= 0.6 is 0 Å². The fourth-order valence-corrected chi connectivity index (χ4v) is 3.85. The molecule has 170 valence electrons. The van der Waals surface area contributed by atoms with Crippen LogP contribution in [0.2, 0.25) is 0 Å². The molecular weight excluding hydrogens is 396 g/mol. The van der Waals surface area contributed by atoms with Crippen LogP contribution in [0.15, 0.2) is 18.2 Å². The van der Waals surface area contributed by atoms with Crippen molar-refractivity contribution in [2.45, 2.75) is 46.1 Å². The molecular formula is C23H34N4O4. The average molecular weight is 431 g/mol. The van der Waals surface area contributed by atoms with Crippen LogP contribution in [0.5, 0.6) is 0 Å². The number of nitrogens with one attached hydrogen (secondary N) is 1. The summed E-state index contributed by atoms with van der Waals surface area (Å²) in [6.45, 7) is 11.2. The van der Waals surface area contributed by atoms with E-state index in [0.717, 1.165) is 37.2 Å². The first kappa shape index (κ1) is 22.9. The van der Waals surface area contributed by atoms with Gasteiger partial charge in [0.1, 0.15) is 5.60 Å². The van der Waals surface area contributed by atoms with Crippen molar-refractivity contribution in [3.05, 3.63) is 29.3 Å². The molecule has 3 rings (SSSR count). The van der Waals surface area contributed by atoms with Crippen molar-refractivity contribution in [3.63, 3.8) is 0 Å². The van der Waals surface area contributed by atoms with Crippen LogP contribution in [0.25, 0.3) is 0 Å². The van der Waals surface area contributed by atoms with E-state index in [1.54, 1.807) is 9.80 Å². The van der Waals surface area contributed by atoms with Crippen LogP contribution in [0.3, 0.4) is 0 Å². The van der Waals surface area contributed by atoms with Gasteiger partial charge in [0.15, 0.2) is 0 Å². The minimum absolute atomic E-state index is 0.0135. The van der Waals surface area contributed by atoms with Crippen LogP contribution in [0.4, 0.5) is 10.5 Å². The van der Waals surface area contributed by atoms with Gasteiger partial charge >= 0.3 is 6.09 Å². The Labute approximate surface area is 184 Å². The van der Waals surface area contributed by atoms with E-state index < -0.39 is 5.60 Å². The number of benzene rings is 1. The van der Waals surface area contributed by atoms with E-state index in [0.29, 0.717) is 31.7 Å². The second-order valence-corrected chi connectivity index (χ2v) is 9.23. The summed E-state index contributed by atoms with van der Waals surface area (Å²) < 4.78 is 5.39. The Morgan fingerprint density at radius 2 is 1.55 bits per heavy atom. The van der Waals surface area contributed by atoms with E-state index in [4.69, 9.17) is 4.74 Å². The number of piperazine rings is 1. The normalized spacial score (nSPS) is 17.0. The van der Waals surface area contributed by atoms with Gasteiger partial charge < -0.3 is 24.8 Å². The van der Waals surface area contributed by atoms with Gasteiger partial charge in [-0.25, -0.2) is 4.79 Å². The summed E-state index contributed by atoms with van der Waals surface area (Å²) in [5.41, 5.74) is 1.95. The Bertz CT molecular complexity index is 819. The molecule has 8 heteroatoms. The zero-order valence-electron chi connectivity index (χ0n) is 19.1. The van der Waals surface area contributed by atoms with Gasteiger partial charge in [-0.05, 0) is 64.3 Å². The average Bonchev–Trinajstić information content (AvgIpc) is 3.26. The third-order valence-corrected chi connectivity index (χ3v) is 5.58. The lowest BCUT2D eigenvalue weighted by molar-refractivity contribution is -0.131. The third-order valence-electron chi connectivity index (χ3n) is 5.58. The Morgan fingerprint density at radius 1 is 0.935 bits per heavy atom. The zero-order chi connectivity index (χ0) is 22.6. The maximum absolute atomic E-state index is 12.6. The molecule has 0 aliphatic carbocycles. The fraction of sp³-hybridized carbons (Fsp3) is 0.609. The Hall–Kier alpha value is -2.77.